The number of alkyl halides is 21. The van der Waals surface area contributed by atoms with Crippen LogP contribution in [0.3, 0.4) is 0 Å². The van der Waals surface area contributed by atoms with Crippen molar-refractivity contribution in [3.05, 3.63) is 35.4 Å². The molecule has 0 spiro atoms. The van der Waals surface area contributed by atoms with E-state index in [9.17, 15) is 97.0 Å². The van der Waals surface area contributed by atoms with Crippen LogP contribution in [-0.2, 0) is 4.74 Å². The number of hydrogen-bond acceptors (Lipinski definition) is 3. The molecule has 0 aliphatic carbocycles. The highest BCUT2D eigenvalue weighted by Gasteiger charge is 2.97. The number of halogens is 21. The molecule has 24 heteroatoms. The zero-order chi connectivity index (χ0) is 35.4. The second kappa shape index (κ2) is 11.0. The van der Waals surface area contributed by atoms with Crippen LogP contribution < -0.4 is 0 Å². The molecule has 1 aromatic carbocycles. The molecule has 3 nitrogen and oxygen atoms in total. The fraction of sp³-hybridized carbons (Fsp3) is 0.600. The number of ether oxygens (including phenoxy) is 1. The normalized spacial score (nSPS) is 15.2. The van der Waals surface area contributed by atoms with E-state index in [-0.39, 0.29) is 5.56 Å². The summed E-state index contributed by atoms with van der Waals surface area (Å²) >= 11 is 0. The van der Waals surface area contributed by atoms with Gasteiger partial charge in [-0.25, -0.2) is 4.79 Å². The SMILES string of the molecule is N#Cc1cccc(C(=O)OCCC(F)(F)C(F)(F)C(F)(F)C(F)(F)C(F)(F)C(F)(F)C(F)(F)C(F)(F)C(F)(F)C(F)(F)F)c1. The molecule has 0 heterocycles. The maximum absolute atomic E-state index is 13.9. The number of nitrogens with zero attached hydrogens (tertiary/aromatic N) is 1. The molecular weight excluding hydrogens is 685 g/mol. The Morgan fingerprint density at radius 1 is 0.591 bits per heavy atom. The predicted octanol–water partition coefficient (Wildman–Crippen LogP) is 8.39. The third kappa shape index (κ3) is 5.43. The van der Waals surface area contributed by atoms with Gasteiger partial charge < -0.3 is 4.74 Å². The lowest BCUT2D eigenvalue weighted by atomic mass is 9.86. The van der Waals surface area contributed by atoms with Gasteiger partial charge in [0.25, 0.3) is 0 Å². The Kier molecular flexibility index (Phi) is 9.64. The highest BCUT2D eigenvalue weighted by molar-refractivity contribution is 5.89. The van der Waals surface area contributed by atoms with Gasteiger partial charge in [-0.2, -0.15) is 97.5 Å². The van der Waals surface area contributed by atoms with Gasteiger partial charge in [-0.3, -0.25) is 0 Å². The fourth-order valence-electron chi connectivity index (χ4n) is 2.82. The minimum absolute atomic E-state index is 0.318. The summed E-state index contributed by atoms with van der Waals surface area (Å²) in [6, 6.07) is 4.85. The maximum Gasteiger partial charge on any atom is 0.460 e. The predicted molar refractivity (Wildman–Crippen MR) is 96.6 cm³/mol. The Balaban J connectivity index is 3.48. The van der Waals surface area contributed by atoms with E-state index in [1.165, 1.54) is 6.07 Å². The van der Waals surface area contributed by atoms with Crippen molar-refractivity contribution in [3.8, 4) is 6.07 Å². The molecular formula is C20H8F21NO2. The molecule has 0 amide bonds. The summed E-state index contributed by atoms with van der Waals surface area (Å²) in [5, 5.41) is 8.64. The van der Waals surface area contributed by atoms with E-state index in [0.717, 1.165) is 18.2 Å². The Morgan fingerprint density at radius 2 is 0.955 bits per heavy atom. The Hall–Kier alpha value is -3.29. The van der Waals surface area contributed by atoms with E-state index in [1.54, 1.807) is 0 Å². The quantitative estimate of drug-likeness (QED) is 0.163. The monoisotopic (exact) mass is 693 g/mol. The van der Waals surface area contributed by atoms with Gasteiger partial charge in [-0.1, -0.05) is 6.07 Å². The van der Waals surface area contributed by atoms with E-state index < -0.39 is 84.0 Å². The van der Waals surface area contributed by atoms with Gasteiger partial charge in [-0.15, -0.1) is 0 Å². The lowest BCUT2D eigenvalue weighted by Gasteiger charge is -2.44. The van der Waals surface area contributed by atoms with Gasteiger partial charge in [0.2, 0.25) is 0 Å². The number of nitriles is 1. The molecule has 0 saturated heterocycles. The number of benzene rings is 1. The van der Waals surface area contributed by atoms with Gasteiger partial charge in [-0.05, 0) is 18.2 Å². The molecule has 0 N–H and O–H groups in total. The van der Waals surface area contributed by atoms with Crippen molar-refractivity contribution >= 4 is 5.97 Å². The van der Waals surface area contributed by atoms with Crippen molar-refractivity contribution in [1.29, 1.82) is 5.26 Å². The van der Waals surface area contributed by atoms with Crippen molar-refractivity contribution in [1.82, 2.24) is 0 Å². The molecule has 252 valence electrons. The van der Waals surface area contributed by atoms with Gasteiger partial charge in [0.15, 0.2) is 0 Å². The van der Waals surface area contributed by atoms with Crippen LogP contribution in [0.2, 0.25) is 0 Å². The Labute approximate surface area is 228 Å². The zero-order valence-corrected chi connectivity index (χ0v) is 19.9. The summed E-state index contributed by atoms with van der Waals surface area (Å²) < 4.78 is 284. The second-order valence-corrected chi connectivity index (χ2v) is 8.38. The molecule has 1 aromatic rings. The lowest BCUT2D eigenvalue weighted by Crippen LogP contribution is -2.76. The average Bonchev–Trinajstić information content (AvgIpc) is 2.86. The highest BCUT2D eigenvalue weighted by Crippen LogP contribution is 2.66. The Morgan fingerprint density at radius 3 is 1.32 bits per heavy atom. The standard InChI is InChI=1S/C20H8F21NO2/c21-11(22,4-5-44-10(43)9-3-1-2-8(6-9)7-42)12(23,24)13(25,26)14(27,28)15(29,30)16(31,32)17(33,34)18(35,36)19(37,38)20(39,40)41/h1-3,6H,4-5H2. The molecule has 1 rings (SSSR count). The summed E-state index contributed by atoms with van der Waals surface area (Å²) in [6.45, 7) is -2.22. The summed E-state index contributed by atoms with van der Waals surface area (Å²) in [5.74, 6) is -79.6. The summed E-state index contributed by atoms with van der Waals surface area (Å²) in [7, 11) is 0. The van der Waals surface area contributed by atoms with Crippen LogP contribution in [0.25, 0.3) is 0 Å². The number of carbonyl (C=O) groups is 1. The molecule has 0 saturated carbocycles. The minimum atomic E-state index is -9.25. The number of esters is 1. The van der Waals surface area contributed by atoms with Crippen LogP contribution >= 0.6 is 0 Å². The van der Waals surface area contributed by atoms with Gasteiger partial charge in [0.1, 0.15) is 0 Å². The first-order valence-electron chi connectivity index (χ1n) is 10.3. The van der Waals surface area contributed by atoms with Gasteiger partial charge >= 0.3 is 65.4 Å². The molecule has 0 radical (unpaired) electrons. The largest absolute Gasteiger partial charge is 0.462 e. The van der Waals surface area contributed by atoms with E-state index in [2.05, 4.69) is 4.74 Å². The summed E-state index contributed by atoms with van der Waals surface area (Å²) in [4.78, 5) is 11.7. The van der Waals surface area contributed by atoms with Crippen LogP contribution in [-0.4, -0.2) is 72.1 Å². The Bertz CT molecular complexity index is 1260. The van der Waals surface area contributed by atoms with Crippen LogP contribution in [0.5, 0.6) is 0 Å². The van der Waals surface area contributed by atoms with Crippen molar-refractivity contribution < 1.29 is 102 Å². The first-order chi connectivity index (χ1) is 19.2. The average molecular weight is 693 g/mol. The van der Waals surface area contributed by atoms with Crippen LogP contribution in [0.15, 0.2) is 24.3 Å². The third-order valence-corrected chi connectivity index (χ3v) is 5.45. The number of rotatable bonds is 12. The van der Waals surface area contributed by atoms with Crippen LogP contribution in [0.1, 0.15) is 22.3 Å². The second-order valence-electron chi connectivity index (χ2n) is 8.38. The summed E-state index contributed by atoms with van der Waals surface area (Å²) in [6.07, 6.45) is -11.1. The minimum Gasteiger partial charge on any atom is -0.462 e. The topological polar surface area (TPSA) is 50.1 Å². The van der Waals surface area contributed by atoms with E-state index in [0.29, 0.717) is 6.07 Å². The van der Waals surface area contributed by atoms with E-state index in [1.807, 2.05) is 0 Å². The van der Waals surface area contributed by atoms with Crippen LogP contribution in [0, 0.1) is 11.3 Å². The molecule has 0 atom stereocenters. The van der Waals surface area contributed by atoms with Gasteiger partial charge in [0.05, 0.1) is 30.2 Å². The first-order valence-corrected chi connectivity index (χ1v) is 10.3. The van der Waals surface area contributed by atoms with Crippen molar-refractivity contribution in [2.45, 2.75) is 65.9 Å². The zero-order valence-electron chi connectivity index (χ0n) is 19.9. The lowest BCUT2D eigenvalue weighted by molar-refractivity contribution is -0.474. The molecule has 0 aliphatic rings. The van der Waals surface area contributed by atoms with Crippen LogP contribution in [0.4, 0.5) is 92.2 Å². The molecule has 0 aliphatic heterocycles. The fourth-order valence-corrected chi connectivity index (χ4v) is 2.82. The van der Waals surface area contributed by atoms with E-state index in [4.69, 9.17) is 5.26 Å². The number of carbonyl (C=O) groups excluding carboxylic acids is 1. The van der Waals surface area contributed by atoms with E-state index >= 15 is 0 Å². The first kappa shape index (κ1) is 38.7. The molecule has 0 unspecified atom stereocenters. The summed E-state index contributed by atoms with van der Waals surface area (Å²) in [5.41, 5.74) is -1.03. The highest BCUT2D eigenvalue weighted by atomic mass is 19.4. The smallest absolute Gasteiger partial charge is 0.460 e. The van der Waals surface area contributed by atoms with Crippen molar-refractivity contribution in [2.75, 3.05) is 6.61 Å². The molecule has 0 bridgehead atoms. The molecule has 0 aromatic heterocycles. The third-order valence-electron chi connectivity index (χ3n) is 5.45. The number of hydrogen-bond donors (Lipinski definition) is 0. The van der Waals surface area contributed by atoms with Gasteiger partial charge in [0, 0.05) is 0 Å². The van der Waals surface area contributed by atoms with Crippen molar-refractivity contribution in [2.24, 2.45) is 0 Å². The van der Waals surface area contributed by atoms with Crippen molar-refractivity contribution in [3.63, 3.8) is 0 Å². The maximum atomic E-state index is 13.9. The molecule has 0 fully saturated rings. The molecule has 44 heavy (non-hydrogen) atoms.